The Morgan fingerprint density at radius 1 is 1.47 bits per heavy atom. The Morgan fingerprint density at radius 3 is 2.87 bits per heavy atom. The molecule has 0 bridgehead atoms. The number of hydrogen-bond acceptors (Lipinski definition) is 5. The molecule has 0 amide bonds. The molecule has 0 radical (unpaired) electrons. The van der Waals surface area contributed by atoms with Gasteiger partial charge in [-0.2, -0.15) is 5.10 Å². The van der Waals surface area contributed by atoms with Crippen LogP contribution in [0.2, 0.25) is 0 Å². The first kappa shape index (κ1) is 10.4. The number of nitrogen functional groups attached to an aromatic ring is 1. The van der Waals surface area contributed by atoms with E-state index in [0.717, 1.165) is 0 Å². The minimum absolute atomic E-state index is 0.417. The Morgan fingerprint density at radius 2 is 2.27 bits per heavy atom. The second kappa shape index (κ2) is 4.19. The van der Waals surface area contributed by atoms with Gasteiger partial charge in [0, 0.05) is 12.4 Å². The average molecular weight is 286 g/mol. The second-order valence-electron chi connectivity index (χ2n) is 2.68. The highest BCUT2D eigenvalue weighted by Crippen LogP contribution is 2.25. The number of rotatable bonds is 2. The molecule has 5 nitrogen and oxygen atoms in total. The first-order valence-electron chi connectivity index (χ1n) is 4.09. The van der Waals surface area contributed by atoms with Crippen molar-refractivity contribution >= 4 is 33.5 Å². The van der Waals surface area contributed by atoms with Gasteiger partial charge in [0.05, 0.1) is 0 Å². The van der Waals surface area contributed by atoms with Gasteiger partial charge in [-0.1, -0.05) is 11.8 Å². The number of aromatic nitrogens is 4. The van der Waals surface area contributed by atoms with Gasteiger partial charge in [-0.3, -0.25) is 0 Å². The van der Waals surface area contributed by atoms with E-state index in [1.54, 1.807) is 17.1 Å². The van der Waals surface area contributed by atoms with Gasteiger partial charge in [0.2, 0.25) is 0 Å². The summed E-state index contributed by atoms with van der Waals surface area (Å²) in [4.78, 5) is 8.42. The highest BCUT2D eigenvalue weighted by atomic mass is 79.9. The number of thioether (sulfide) groups is 1. The van der Waals surface area contributed by atoms with Gasteiger partial charge in [0.1, 0.15) is 10.3 Å². The SMILES string of the molecule is CSc1nc(N)c(Br)c(-n2cccn2)n1. The van der Waals surface area contributed by atoms with E-state index in [4.69, 9.17) is 5.73 Å². The van der Waals surface area contributed by atoms with Gasteiger partial charge in [-0.25, -0.2) is 14.6 Å². The Hall–Kier alpha value is -1.08. The van der Waals surface area contributed by atoms with Crippen molar-refractivity contribution in [2.75, 3.05) is 12.0 Å². The van der Waals surface area contributed by atoms with Crippen LogP contribution in [0, 0.1) is 0 Å². The topological polar surface area (TPSA) is 69.6 Å². The smallest absolute Gasteiger partial charge is 0.191 e. The first-order valence-corrected chi connectivity index (χ1v) is 6.11. The third-order valence-electron chi connectivity index (χ3n) is 1.74. The number of nitrogens with zero attached hydrogens (tertiary/aromatic N) is 4. The molecule has 15 heavy (non-hydrogen) atoms. The van der Waals surface area contributed by atoms with Crippen molar-refractivity contribution in [1.29, 1.82) is 0 Å². The van der Waals surface area contributed by atoms with Gasteiger partial charge in [-0.15, -0.1) is 0 Å². The summed E-state index contributed by atoms with van der Waals surface area (Å²) in [7, 11) is 0. The summed E-state index contributed by atoms with van der Waals surface area (Å²) in [5.74, 6) is 1.07. The summed E-state index contributed by atoms with van der Waals surface area (Å²) >= 11 is 4.78. The molecule has 0 aromatic carbocycles. The molecule has 2 aromatic heterocycles. The molecule has 2 aromatic rings. The van der Waals surface area contributed by atoms with Gasteiger partial charge in [0.25, 0.3) is 0 Å². The molecule has 0 aliphatic rings. The minimum Gasteiger partial charge on any atom is -0.383 e. The largest absolute Gasteiger partial charge is 0.383 e. The number of hydrogen-bond donors (Lipinski definition) is 1. The van der Waals surface area contributed by atoms with Crippen molar-refractivity contribution in [2.24, 2.45) is 0 Å². The Balaban J connectivity index is 2.60. The van der Waals surface area contributed by atoms with Crippen LogP contribution in [0.1, 0.15) is 0 Å². The first-order chi connectivity index (χ1) is 7.22. The van der Waals surface area contributed by atoms with Crippen LogP contribution in [0.25, 0.3) is 5.82 Å². The van der Waals surface area contributed by atoms with Crippen LogP contribution in [-0.4, -0.2) is 26.0 Å². The van der Waals surface area contributed by atoms with Gasteiger partial charge >= 0.3 is 0 Å². The van der Waals surface area contributed by atoms with Crippen LogP contribution in [0.4, 0.5) is 5.82 Å². The van der Waals surface area contributed by atoms with Gasteiger partial charge < -0.3 is 5.73 Å². The van der Waals surface area contributed by atoms with E-state index in [-0.39, 0.29) is 0 Å². The third kappa shape index (κ3) is 1.98. The van der Waals surface area contributed by atoms with E-state index in [2.05, 4.69) is 31.0 Å². The van der Waals surface area contributed by atoms with Crippen LogP contribution < -0.4 is 5.73 Å². The highest BCUT2D eigenvalue weighted by Gasteiger charge is 2.11. The summed E-state index contributed by atoms with van der Waals surface area (Å²) in [6.45, 7) is 0. The van der Waals surface area contributed by atoms with Crippen molar-refractivity contribution < 1.29 is 0 Å². The maximum Gasteiger partial charge on any atom is 0.191 e. The van der Waals surface area contributed by atoms with E-state index in [1.165, 1.54) is 11.8 Å². The van der Waals surface area contributed by atoms with E-state index in [9.17, 15) is 0 Å². The monoisotopic (exact) mass is 285 g/mol. The third-order valence-corrected chi connectivity index (χ3v) is 3.05. The summed E-state index contributed by atoms with van der Waals surface area (Å²) in [5.41, 5.74) is 5.75. The standard InChI is InChI=1S/C8H8BrN5S/c1-15-8-12-6(10)5(9)7(13-8)14-4-2-3-11-14/h2-4H,1H3,(H2,10,12,13). The van der Waals surface area contributed by atoms with Crippen LogP contribution in [0.15, 0.2) is 28.1 Å². The average Bonchev–Trinajstić information content (AvgIpc) is 2.75. The molecular weight excluding hydrogens is 278 g/mol. The predicted octanol–water partition coefficient (Wildman–Crippen LogP) is 1.73. The fourth-order valence-corrected chi connectivity index (χ4v) is 1.79. The molecule has 0 aliphatic heterocycles. The summed E-state index contributed by atoms with van der Waals surface area (Å²) in [5, 5.41) is 4.72. The molecule has 0 spiro atoms. The molecule has 7 heteroatoms. The van der Waals surface area contributed by atoms with E-state index >= 15 is 0 Å². The summed E-state index contributed by atoms with van der Waals surface area (Å²) in [6.07, 6.45) is 5.38. The van der Waals surface area contributed by atoms with Gasteiger partial charge in [0.15, 0.2) is 11.0 Å². The van der Waals surface area contributed by atoms with Crippen LogP contribution >= 0.6 is 27.7 Å². The van der Waals surface area contributed by atoms with Crippen molar-refractivity contribution in [2.45, 2.75) is 5.16 Å². The fourth-order valence-electron chi connectivity index (χ4n) is 1.07. The van der Waals surface area contributed by atoms with Crippen LogP contribution in [-0.2, 0) is 0 Å². The zero-order chi connectivity index (χ0) is 10.8. The van der Waals surface area contributed by atoms with Crippen molar-refractivity contribution in [3.8, 4) is 5.82 Å². The molecule has 2 rings (SSSR count). The molecule has 78 valence electrons. The molecule has 0 saturated carbocycles. The van der Waals surface area contributed by atoms with Gasteiger partial charge in [-0.05, 0) is 28.3 Å². The lowest BCUT2D eigenvalue weighted by Gasteiger charge is -2.06. The maximum atomic E-state index is 5.75. The predicted molar refractivity (Wildman–Crippen MR) is 63.0 cm³/mol. The molecule has 2 heterocycles. The van der Waals surface area contributed by atoms with Crippen LogP contribution in [0.5, 0.6) is 0 Å². The molecule has 0 unspecified atom stereocenters. The Bertz CT molecular complexity index is 470. The quantitative estimate of drug-likeness (QED) is 0.672. The molecule has 2 N–H and O–H groups in total. The highest BCUT2D eigenvalue weighted by molar-refractivity contribution is 9.10. The molecule has 0 atom stereocenters. The normalized spacial score (nSPS) is 10.5. The van der Waals surface area contributed by atoms with E-state index < -0.39 is 0 Å². The Kier molecular flexibility index (Phi) is 2.92. The summed E-state index contributed by atoms with van der Waals surface area (Å²) < 4.78 is 2.30. The fraction of sp³-hybridized carbons (Fsp3) is 0.125. The van der Waals surface area contributed by atoms with Crippen molar-refractivity contribution in [3.63, 3.8) is 0 Å². The molecule has 0 saturated heterocycles. The molecule has 0 fully saturated rings. The van der Waals surface area contributed by atoms with E-state index in [0.29, 0.717) is 21.3 Å². The lowest BCUT2D eigenvalue weighted by atomic mass is 10.5. The maximum absolute atomic E-state index is 5.75. The Labute approximate surface area is 99.2 Å². The number of anilines is 1. The zero-order valence-corrected chi connectivity index (χ0v) is 10.3. The number of halogens is 1. The number of nitrogens with two attached hydrogens (primary N) is 1. The minimum atomic E-state index is 0.417. The van der Waals surface area contributed by atoms with Crippen molar-refractivity contribution in [3.05, 3.63) is 22.9 Å². The lowest BCUT2D eigenvalue weighted by Crippen LogP contribution is -2.05. The zero-order valence-electron chi connectivity index (χ0n) is 7.88. The van der Waals surface area contributed by atoms with E-state index in [1.807, 2.05) is 12.3 Å². The van der Waals surface area contributed by atoms with Crippen molar-refractivity contribution in [1.82, 2.24) is 19.7 Å². The second-order valence-corrected chi connectivity index (χ2v) is 4.25. The summed E-state index contributed by atoms with van der Waals surface area (Å²) in [6, 6.07) is 1.82. The molecule has 0 aliphatic carbocycles. The van der Waals surface area contributed by atoms with Crippen LogP contribution in [0.3, 0.4) is 0 Å². The lowest BCUT2D eigenvalue weighted by molar-refractivity contribution is 0.804. The molecular formula is C8H8BrN5S.